The summed E-state index contributed by atoms with van der Waals surface area (Å²) in [5, 5.41) is 19.6. The summed E-state index contributed by atoms with van der Waals surface area (Å²) < 4.78 is 7.17. The Bertz CT molecular complexity index is 1710. The lowest BCUT2D eigenvalue weighted by Crippen LogP contribution is -2.25. The lowest BCUT2D eigenvalue weighted by molar-refractivity contribution is -0.385. The van der Waals surface area contributed by atoms with Crippen molar-refractivity contribution in [2.45, 2.75) is 44.9 Å². The number of nitrogens with zero attached hydrogens (tertiary/aromatic N) is 4. The molecule has 0 unspecified atom stereocenters. The molecule has 10 nitrogen and oxygen atoms in total. The van der Waals surface area contributed by atoms with Gasteiger partial charge in [-0.05, 0) is 65.5 Å². The normalized spacial score (nSPS) is 13.9. The number of hydrogen-bond acceptors (Lipinski definition) is 7. The zero-order valence-electron chi connectivity index (χ0n) is 22.4. The van der Waals surface area contributed by atoms with E-state index in [1.165, 1.54) is 17.0 Å². The number of para-hydroxylation sites is 2. The summed E-state index contributed by atoms with van der Waals surface area (Å²) in [7, 11) is 0. The average Bonchev–Trinajstić information content (AvgIpc) is 2.97. The van der Waals surface area contributed by atoms with E-state index in [1.54, 1.807) is 30.3 Å². The molecule has 0 aliphatic heterocycles. The molecule has 0 bridgehead atoms. The highest BCUT2D eigenvalue weighted by Gasteiger charge is 2.24. The van der Waals surface area contributed by atoms with Gasteiger partial charge in [0.25, 0.3) is 11.5 Å². The van der Waals surface area contributed by atoms with Gasteiger partial charge in [-0.15, -0.1) is 0 Å². The van der Waals surface area contributed by atoms with E-state index in [1.807, 2.05) is 31.2 Å². The van der Waals surface area contributed by atoms with Gasteiger partial charge in [0.2, 0.25) is 5.75 Å². The predicted molar refractivity (Wildman–Crippen MR) is 161 cm³/mol. The average molecular weight is 618 g/mol. The van der Waals surface area contributed by atoms with Crippen molar-refractivity contribution in [3.63, 3.8) is 0 Å². The maximum Gasteiger partial charge on any atom is 0.312 e. The van der Waals surface area contributed by atoms with Crippen LogP contribution in [0.5, 0.6) is 5.75 Å². The summed E-state index contributed by atoms with van der Waals surface area (Å²) >= 11 is 3.34. The summed E-state index contributed by atoms with van der Waals surface area (Å²) in [5.41, 5.74) is 1.86. The molecule has 0 spiro atoms. The fourth-order valence-electron chi connectivity index (χ4n) is 4.99. The number of rotatable bonds is 8. The highest BCUT2D eigenvalue weighted by Crippen LogP contribution is 2.36. The molecule has 1 fully saturated rings. The zero-order valence-corrected chi connectivity index (χ0v) is 24.0. The zero-order chi connectivity index (χ0) is 28.9. The number of hydrogen-bond donors (Lipinski definition) is 1. The van der Waals surface area contributed by atoms with Gasteiger partial charge in [0.1, 0.15) is 5.82 Å². The number of aromatic nitrogens is 2. The van der Waals surface area contributed by atoms with Gasteiger partial charge in [0.05, 0.1) is 26.5 Å². The number of ether oxygens (including phenoxy) is 1. The van der Waals surface area contributed by atoms with Crippen LogP contribution in [-0.4, -0.2) is 33.3 Å². The first kappa shape index (κ1) is 28.2. The number of anilines is 1. The quantitative estimate of drug-likeness (QED) is 0.140. The van der Waals surface area contributed by atoms with Gasteiger partial charge < -0.3 is 10.1 Å². The lowest BCUT2D eigenvalue weighted by atomic mass is 9.88. The molecule has 1 aliphatic rings. The van der Waals surface area contributed by atoms with Crippen LogP contribution in [0.25, 0.3) is 10.9 Å². The van der Waals surface area contributed by atoms with Gasteiger partial charge in [-0.25, -0.2) is 4.98 Å². The number of halogens is 1. The summed E-state index contributed by atoms with van der Waals surface area (Å²) in [6.07, 6.45) is 6.50. The molecular weight excluding hydrogens is 590 g/mol. The smallest absolute Gasteiger partial charge is 0.312 e. The third kappa shape index (κ3) is 6.35. The Balaban J connectivity index is 1.43. The van der Waals surface area contributed by atoms with E-state index in [4.69, 9.17) is 9.72 Å². The van der Waals surface area contributed by atoms with Gasteiger partial charge in [-0.2, -0.15) is 9.78 Å². The van der Waals surface area contributed by atoms with Gasteiger partial charge >= 0.3 is 5.69 Å². The molecule has 1 aliphatic carbocycles. The molecule has 5 rings (SSSR count). The van der Waals surface area contributed by atoms with Crippen LogP contribution >= 0.6 is 15.9 Å². The van der Waals surface area contributed by atoms with Crippen molar-refractivity contribution < 1.29 is 14.5 Å². The Morgan fingerprint density at radius 1 is 1.17 bits per heavy atom. The molecular formula is C30H28BrN5O5. The van der Waals surface area contributed by atoms with E-state index < -0.39 is 17.4 Å². The van der Waals surface area contributed by atoms with E-state index in [9.17, 15) is 19.7 Å². The van der Waals surface area contributed by atoms with Crippen LogP contribution in [0, 0.1) is 17.0 Å². The van der Waals surface area contributed by atoms with Crippen molar-refractivity contribution in [1.82, 2.24) is 9.66 Å². The molecule has 3 aromatic carbocycles. The Hall–Kier alpha value is -4.38. The first-order valence-corrected chi connectivity index (χ1v) is 14.1. The maximum atomic E-state index is 13.4. The Labute approximate surface area is 244 Å². The van der Waals surface area contributed by atoms with Gasteiger partial charge in [-0.1, -0.05) is 49.6 Å². The molecule has 1 aromatic heterocycles. The van der Waals surface area contributed by atoms with Crippen molar-refractivity contribution in [2.24, 2.45) is 5.10 Å². The van der Waals surface area contributed by atoms with Crippen LogP contribution < -0.4 is 15.6 Å². The SMILES string of the molecule is Cc1ccccc1NC(=O)COc1c(Br)cc(C=Nn2c(C3CCCCC3)nc3ccccc3c2=O)cc1[N+](=O)[O-]. The van der Waals surface area contributed by atoms with E-state index in [0.29, 0.717) is 28.0 Å². The Morgan fingerprint density at radius 2 is 1.90 bits per heavy atom. The third-order valence-corrected chi connectivity index (χ3v) is 7.67. The van der Waals surface area contributed by atoms with Crippen molar-refractivity contribution in [1.29, 1.82) is 0 Å². The number of nitro benzene ring substituents is 1. The van der Waals surface area contributed by atoms with Crippen LogP contribution in [0.3, 0.4) is 0 Å². The highest BCUT2D eigenvalue weighted by molar-refractivity contribution is 9.10. The number of nitrogens with one attached hydrogen (secondary N) is 1. The van der Waals surface area contributed by atoms with Crippen LogP contribution in [0.2, 0.25) is 0 Å². The second kappa shape index (κ2) is 12.4. The molecule has 210 valence electrons. The van der Waals surface area contributed by atoms with Crippen molar-refractivity contribution in [3.05, 3.63) is 103 Å². The minimum atomic E-state index is -0.589. The number of carbonyl (C=O) groups is 1. The minimum absolute atomic E-state index is 0.0838. The topological polar surface area (TPSA) is 129 Å². The number of carbonyl (C=O) groups excluding carboxylic acids is 1. The van der Waals surface area contributed by atoms with Crippen LogP contribution in [0.1, 0.15) is 55.0 Å². The molecule has 0 saturated heterocycles. The molecule has 1 N–H and O–H groups in total. The summed E-state index contributed by atoms with van der Waals surface area (Å²) in [5.74, 6) is 0.155. The van der Waals surface area contributed by atoms with Gasteiger partial charge in [0, 0.05) is 23.2 Å². The number of aryl methyl sites for hydroxylation is 1. The number of fused-ring (bicyclic) bond motifs is 1. The summed E-state index contributed by atoms with van der Waals surface area (Å²) in [6.45, 7) is 1.43. The maximum absolute atomic E-state index is 13.4. The van der Waals surface area contributed by atoms with Crippen molar-refractivity contribution in [3.8, 4) is 5.75 Å². The van der Waals surface area contributed by atoms with Crippen molar-refractivity contribution in [2.75, 3.05) is 11.9 Å². The molecule has 11 heteroatoms. The molecule has 41 heavy (non-hydrogen) atoms. The fourth-order valence-corrected chi connectivity index (χ4v) is 5.57. The first-order chi connectivity index (χ1) is 19.8. The molecule has 4 aromatic rings. The van der Waals surface area contributed by atoms with E-state index in [0.717, 1.165) is 37.7 Å². The summed E-state index contributed by atoms with van der Waals surface area (Å²) in [6, 6.07) is 17.3. The third-order valence-electron chi connectivity index (χ3n) is 7.08. The Morgan fingerprint density at radius 3 is 2.66 bits per heavy atom. The molecule has 0 radical (unpaired) electrons. The van der Waals surface area contributed by atoms with Crippen molar-refractivity contribution >= 4 is 50.3 Å². The highest BCUT2D eigenvalue weighted by atomic mass is 79.9. The van der Waals surface area contributed by atoms with Gasteiger partial charge in [0.15, 0.2) is 6.61 Å². The van der Waals surface area contributed by atoms with E-state index in [2.05, 4.69) is 26.3 Å². The minimum Gasteiger partial charge on any atom is -0.476 e. The molecule has 1 heterocycles. The van der Waals surface area contributed by atoms with E-state index >= 15 is 0 Å². The number of amides is 1. The number of nitro groups is 1. The standard InChI is InChI=1S/C30H28BrN5O5/c1-19-9-5-7-13-24(19)33-27(37)18-41-28-23(31)15-20(16-26(28)36(39)40)17-32-35-29(21-10-3-2-4-11-21)34-25-14-8-6-12-22(25)30(35)38/h5-9,12-17,21H,2-4,10-11,18H2,1H3,(H,33,37). The summed E-state index contributed by atoms with van der Waals surface area (Å²) in [4.78, 5) is 42.1. The van der Waals surface area contributed by atoms with Crippen LogP contribution in [0.15, 0.2) is 75.0 Å². The molecule has 1 amide bonds. The monoisotopic (exact) mass is 617 g/mol. The second-order valence-corrected chi connectivity index (χ2v) is 10.8. The van der Waals surface area contributed by atoms with E-state index in [-0.39, 0.29) is 27.4 Å². The molecule has 0 atom stereocenters. The largest absolute Gasteiger partial charge is 0.476 e. The Kier molecular flexibility index (Phi) is 8.53. The predicted octanol–water partition coefficient (Wildman–Crippen LogP) is 6.32. The fraction of sp³-hybridized carbons (Fsp3) is 0.267. The lowest BCUT2D eigenvalue weighted by Gasteiger charge is -2.22. The molecule has 1 saturated carbocycles. The van der Waals surface area contributed by atoms with Gasteiger partial charge in [-0.3, -0.25) is 19.7 Å². The second-order valence-electron chi connectivity index (χ2n) is 9.94. The van der Waals surface area contributed by atoms with Crippen LogP contribution in [0.4, 0.5) is 11.4 Å². The van der Waals surface area contributed by atoms with Crippen LogP contribution in [-0.2, 0) is 4.79 Å². The number of benzene rings is 3. The first-order valence-electron chi connectivity index (χ1n) is 13.3.